The Morgan fingerprint density at radius 1 is 0.943 bits per heavy atom. The molecule has 11 nitrogen and oxygen atoms in total. The van der Waals surface area contributed by atoms with E-state index in [1.807, 2.05) is 24.3 Å². The van der Waals surface area contributed by atoms with Crippen molar-refractivity contribution in [1.29, 1.82) is 0 Å². The van der Waals surface area contributed by atoms with Gasteiger partial charge in [0.1, 0.15) is 29.2 Å². The smallest absolute Gasteiger partial charge is 0.303 e. The lowest BCUT2D eigenvalue weighted by Gasteiger charge is -2.45. The molecule has 1 N–H and O–H groups in total. The summed E-state index contributed by atoms with van der Waals surface area (Å²) in [5.41, 5.74) is 1.15. The summed E-state index contributed by atoms with van der Waals surface area (Å²) in [4.78, 5) is 56.6. The normalized spacial score (nSPS) is 23.9. The van der Waals surface area contributed by atoms with Crippen molar-refractivity contribution >= 4 is 46.6 Å². The number of esters is 3. The molecule has 188 valence electrons. The molecule has 1 fully saturated rings. The number of nitrogens with zero attached hydrogens (tertiary/aromatic N) is 2. The van der Waals surface area contributed by atoms with Crippen LogP contribution in [0.15, 0.2) is 29.3 Å². The molecule has 0 bridgehead atoms. The summed E-state index contributed by atoms with van der Waals surface area (Å²) in [5, 5.41) is 3.27. The van der Waals surface area contributed by atoms with E-state index in [0.717, 1.165) is 17.3 Å². The molecule has 1 aromatic carbocycles. The Bertz CT molecular complexity index is 1130. The number of aryl methyl sites for hydroxylation is 1. The highest BCUT2D eigenvalue weighted by molar-refractivity contribution is 7.99. The third-order valence-corrected chi connectivity index (χ3v) is 6.25. The Hall–Kier alpha value is -3.25. The molecule has 0 aliphatic carbocycles. The second kappa shape index (κ2) is 11.5. The highest BCUT2D eigenvalue weighted by Crippen LogP contribution is 2.36. The van der Waals surface area contributed by atoms with Gasteiger partial charge in [0.15, 0.2) is 12.2 Å². The summed E-state index contributed by atoms with van der Waals surface area (Å²) in [5.74, 6) is -2.29. The molecule has 5 atom stereocenters. The summed E-state index contributed by atoms with van der Waals surface area (Å²) in [6.45, 7) is 6.45. The molecule has 0 saturated carbocycles. The average Bonchev–Trinajstić information content (AvgIpc) is 2.76. The molecule has 3 rings (SSSR count). The van der Waals surface area contributed by atoms with E-state index in [-0.39, 0.29) is 6.61 Å². The average molecular weight is 506 g/mol. The van der Waals surface area contributed by atoms with Gasteiger partial charge in [-0.05, 0) is 19.1 Å². The van der Waals surface area contributed by atoms with Crippen LogP contribution in [-0.4, -0.2) is 70.2 Å². The SMILES string of the molecule is CC(=O)N[C@@H]1[C@@H](OC(C)=O)[C@H](OC(C)=O)[C@@H](COC(C)=O)O[C@H]1Sc1nc2ccccc2nc1C. The van der Waals surface area contributed by atoms with Crippen LogP contribution in [-0.2, 0) is 38.1 Å². The van der Waals surface area contributed by atoms with Crippen molar-refractivity contribution in [2.24, 2.45) is 0 Å². The number of rotatable bonds is 7. The lowest BCUT2D eigenvalue weighted by atomic mass is 9.97. The molecule has 1 saturated heterocycles. The van der Waals surface area contributed by atoms with Crippen LogP contribution in [0.4, 0.5) is 0 Å². The third-order valence-electron chi connectivity index (χ3n) is 5.00. The maximum atomic E-state index is 12.1. The Balaban J connectivity index is 2.03. The summed E-state index contributed by atoms with van der Waals surface area (Å²) in [6.07, 6.45) is -3.25. The van der Waals surface area contributed by atoms with Crippen LogP contribution in [0.5, 0.6) is 0 Å². The zero-order valence-corrected chi connectivity index (χ0v) is 20.8. The topological polar surface area (TPSA) is 143 Å². The first kappa shape index (κ1) is 26.4. The Morgan fingerprint density at radius 3 is 2.11 bits per heavy atom. The van der Waals surface area contributed by atoms with Crippen LogP contribution >= 0.6 is 11.8 Å². The lowest BCUT2D eigenvalue weighted by Crippen LogP contribution is -2.65. The number of ether oxygens (including phenoxy) is 4. The zero-order valence-electron chi connectivity index (χ0n) is 20.0. The second-order valence-corrected chi connectivity index (χ2v) is 9.03. The van der Waals surface area contributed by atoms with Gasteiger partial charge in [0.2, 0.25) is 5.91 Å². The molecule has 1 aliphatic rings. The van der Waals surface area contributed by atoms with Gasteiger partial charge in [0, 0.05) is 27.7 Å². The zero-order chi connectivity index (χ0) is 25.7. The monoisotopic (exact) mass is 505 g/mol. The number of carbonyl (C=O) groups is 4. The van der Waals surface area contributed by atoms with Gasteiger partial charge < -0.3 is 24.3 Å². The number of fused-ring (bicyclic) bond motifs is 1. The van der Waals surface area contributed by atoms with E-state index in [0.29, 0.717) is 16.2 Å². The number of amides is 1. The molecule has 1 aliphatic heterocycles. The fraction of sp³-hybridized carbons (Fsp3) is 0.478. The van der Waals surface area contributed by atoms with Gasteiger partial charge in [-0.3, -0.25) is 19.2 Å². The van der Waals surface area contributed by atoms with Crippen LogP contribution in [0.3, 0.4) is 0 Å². The van der Waals surface area contributed by atoms with E-state index in [4.69, 9.17) is 18.9 Å². The third kappa shape index (κ3) is 6.89. The van der Waals surface area contributed by atoms with Gasteiger partial charge in [-0.1, -0.05) is 23.9 Å². The molecular formula is C23H27N3O8S. The number of para-hydroxylation sites is 2. The standard InChI is InChI=1S/C23H27N3O8S/c1-11-22(26-17-9-7-6-8-16(17)24-11)35-23-19(25-12(2)27)21(33-15(5)30)20(32-14(4)29)18(34-23)10-31-13(3)28/h6-9,18-21,23H,10H2,1-5H3,(H,25,27)/t18-,19-,20-,21-,23+/m1/s1. The number of benzene rings is 1. The maximum absolute atomic E-state index is 12.1. The summed E-state index contributed by atoms with van der Waals surface area (Å²) in [6, 6.07) is 6.44. The molecule has 12 heteroatoms. The van der Waals surface area contributed by atoms with Gasteiger partial charge in [-0.25, -0.2) is 9.97 Å². The summed E-state index contributed by atoms with van der Waals surface area (Å²) in [7, 11) is 0. The van der Waals surface area contributed by atoms with E-state index >= 15 is 0 Å². The van der Waals surface area contributed by atoms with E-state index in [9.17, 15) is 19.2 Å². The fourth-order valence-corrected chi connectivity index (χ4v) is 4.84. The fourth-order valence-electron chi connectivity index (χ4n) is 3.69. The maximum Gasteiger partial charge on any atom is 0.303 e. The summed E-state index contributed by atoms with van der Waals surface area (Å²) >= 11 is 1.16. The van der Waals surface area contributed by atoms with Crippen molar-refractivity contribution in [3.05, 3.63) is 30.0 Å². The van der Waals surface area contributed by atoms with E-state index in [2.05, 4.69) is 15.3 Å². The van der Waals surface area contributed by atoms with E-state index in [1.165, 1.54) is 27.7 Å². The van der Waals surface area contributed by atoms with Crippen molar-refractivity contribution < 1.29 is 38.1 Å². The Labute approximate surface area is 206 Å². The Morgan fingerprint density at radius 2 is 1.54 bits per heavy atom. The molecule has 0 unspecified atom stereocenters. The van der Waals surface area contributed by atoms with Gasteiger partial charge in [-0.2, -0.15) is 0 Å². The Kier molecular flexibility index (Phi) is 8.62. The number of aromatic nitrogens is 2. The van der Waals surface area contributed by atoms with Gasteiger partial charge in [0.05, 0.1) is 16.7 Å². The predicted octanol–water partition coefficient (Wildman–Crippen LogP) is 1.69. The molecule has 0 spiro atoms. The quantitative estimate of drug-likeness (QED) is 0.434. The summed E-state index contributed by atoms with van der Waals surface area (Å²) < 4.78 is 22.2. The molecular weight excluding hydrogens is 478 g/mol. The van der Waals surface area contributed by atoms with Crippen molar-refractivity contribution in [3.8, 4) is 0 Å². The number of carbonyl (C=O) groups excluding carboxylic acids is 4. The minimum absolute atomic E-state index is 0.267. The lowest BCUT2D eigenvalue weighted by molar-refractivity contribution is -0.211. The highest BCUT2D eigenvalue weighted by Gasteiger charge is 2.51. The second-order valence-electron chi connectivity index (χ2n) is 7.94. The van der Waals surface area contributed by atoms with Crippen LogP contribution in [0.2, 0.25) is 0 Å². The molecule has 1 aromatic heterocycles. The van der Waals surface area contributed by atoms with Crippen LogP contribution < -0.4 is 5.32 Å². The first-order valence-electron chi connectivity index (χ1n) is 10.9. The molecule has 1 amide bonds. The van der Waals surface area contributed by atoms with Gasteiger partial charge >= 0.3 is 17.9 Å². The number of hydrogen-bond acceptors (Lipinski definition) is 11. The van der Waals surface area contributed by atoms with Gasteiger partial charge in [-0.15, -0.1) is 0 Å². The van der Waals surface area contributed by atoms with Crippen molar-refractivity contribution in [2.75, 3.05) is 6.61 Å². The minimum Gasteiger partial charge on any atom is -0.463 e. The van der Waals surface area contributed by atoms with Crippen LogP contribution in [0.25, 0.3) is 11.0 Å². The van der Waals surface area contributed by atoms with Crippen molar-refractivity contribution in [2.45, 2.75) is 69.4 Å². The van der Waals surface area contributed by atoms with Crippen LogP contribution in [0, 0.1) is 6.92 Å². The number of hydrogen-bond donors (Lipinski definition) is 1. The first-order valence-corrected chi connectivity index (χ1v) is 11.7. The number of thioether (sulfide) groups is 1. The van der Waals surface area contributed by atoms with E-state index < -0.39 is 53.6 Å². The predicted molar refractivity (Wildman–Crippen MR) is 124 cm³/mol. The van der Waals surface area contributed by atoms with Crippen molar-refractivity contribution in [1.82, 2.24) is 15.3 Å². The largest absolute Gasteiger partial charge is 0.463 e. The van der Waals surface area contributed by atoms with Crippen LogP contribution in [0.1, 0.15) is 33.4 Å². The molecule has 2 aromatic rings. The molecule has 0 radical (unpaired) electrons. The first-order chi connectivity index (χ1) is 16.5. The van der Waals surface area contributed by atoms with Gasteiger partial charge in [0.25, 0.3) is 0 Å². The minimum atomic E-state index is -1.15. The highest BCUT2D eigenvalue weighted by atomic mass is 32.2. The van der Waals surface area contributed by atoms with E-state index in [1.54, 1.807) is 6.92 Å². The van der Waals surface area contributed by atoms with Crippen molar-refractivity contribution in [3.63, 3.8) is 0 Å². The molecule has 2 heterocycles. The molecule has 35 heavy (non-hydrogen) atoms. The number of nitrogens with one attached hydrogen (secondary N) is 1.